The van der Waals surface area contributed by atoms with Crippen molar-refractivity contribution in [3.63, 3.8) is 0 Å². The van der Waals surface area contributed by atoms with Crippen LogP contribution in [0.2, 0.25) is 5.02 Å². The predicted octanol–water partition coefficient (Wildman–Crippen LogP) is 3.89. The Morgan fingerprint density at radius 1 is 1.38 bits per heavy atom. The van der Waals surface area contributed by atoms with Crippen molar-refractivity contribution in [1.29, 1.82) is 0 Å². The molecule has 0 radical (unpaired) electrons. The highest BCUT2D eigenvalue weighted by atomic mass is 35.5. The number of sulfonamides is 1. The number of nitrogens with one attached hydrogen (secondary N) is 1. The summed E-state index contributed by atoms with van der Waals surface area (Å²) in [4.78, 5) is 8.69. The van der Waals surface area contributed by atoms with Gasteiger partial charge in [-0.05, 0) is 31.5 Å². The van der Waals surface area contributed by atoms with Crippen LogP contribution in [-0.2, 0) is 17.1 Å². The molecular formula is C15H16ClN5O2S3. The molecule has 7 nitrogen and oxygen atoms in total. The van der Waals surface area contributed by atoms with E-state index in [1.807, 2.05) is 24.7 Å². The summed E-state index contributed by atoms with van der Waals surface area (Å²) in [6, 6.07) is 4.75. The van der Waals surface area contributed by atoms with Crippen molar-refractivity contribution in [2.45, 2.75) is 29.1 Å². The van der Waals surface area contributed by atoms with Gasteiger partial charge in [0.05, 0.1) is 10.1 Å². The van der Waals surface area contributed by atoms with Gasteiger partial charge in [-0.1, -0.05) is 29.4 Å². The maximum atomic E-state index is 12.6. The molecule has 0 aliphatic heterocycles. The lowest BCUT2D eigenvalue weighted by Crippen LogP contribution is -2.14. The molecule has 0 fully saturated rings. The Morgan fingerprint density at radius 2 is 2.15 bits per heavy atom. The van der Waals surface area contributed by atoms with E-state index in [4.69, 9.17) is 11.6 Å². The van der Waals surface area contributed by atoms with Crippen molar-refractivity contribution in [3.8, 4) is 0 Å². The molecule has 1 atom stereocenters. The van der Waals surface area contributed by atoms with Crippen molar-refractivity contribution in [2.24, 2.45) is 7.05 Å². The topological polar surface area (TPSA) is 89.8 Å². The van der Waals surface area contributed by atoms with Gasteiger partial charge in [0, 0.05) is 36.0 Å². The quantitative estimate of drug-likeness (QED) is 0.598. The van der Waals surface area contributed by atoms with Crippen molar-refractivity contribution < 1.29 is 8.42 Å². The third-order valence-corrected chi connectivity index (χ3v) is 7.43. The highest BCUT2D eigenvalue weighted by molar-refractivity contribution is 7.99. The molecule has 26 heavy (non-hydrogen) atoms. The van der Waals surface area contributed by atoms with E-state index in [9.17, 15) is 8.42 Å². The largest absolute Gasteiger partial charge is 0.329 e. The lowest BCUT2D eigenvalue weighted by molar-refractivity contribution is 0.600. The van der Waals surface area contributed by atoms with Gasteiger partial charge in [-0.15, -0.1) is 0 Å². The first-order chi connectivity index (χ1) is 12.3. The second-order valence-electron chi connectivity index (χ2n) is 5.51. The smallest absolute Gasteiger partial charge is 0.264 e. The summed E-state index contributed by atoms with van der Waals surface area (Å²) in [5, 5.41) is 1.38. The maximum absolute atomic E-state index is 12.6. The number of hydrogen-bond acceptors (Lipinski definition) is 7. The van der Waals surface area contributed by atoms with Gasteiger partial charge in [-0.3, -0.25) is 4.72 Å². The van der Waals surface area contributed by atoms with Gasteiger partial charge in [0.1, 0.15) is 0 Å². The van der Waals surface area contributed by atoms with Crippen molar-refractivity contribution in [3.05, 3.63) is 47.0 Å². The lowest BCUT2D eigenvalue weighted by Gasteiger charge is -2.09. The van der Waals surface area contributed by atoms with Crippen molar-refractivity contribution in [1.82, 2.24) is 18.9 Å². The van der Waals surface area contributed by atoms with Gasteiger partial charge in [0.2, 0.25) is 5.13 Å². The molecule has 0 aliphatic rings. The highest BCUT2D eigenvalue weighted by Crippen LogP contribution is 2.33. The van der Waals surface area contributed by atoms with Crippen LogP contribution in [0.15, 0.2) is 40.6 Å². The molecule has 2 aromatic heterocycles. The number of nitrogens with zero attached hydrogens (tertiary/aromatic N) is 4. The van der Waals surface area contributed by atoms with Gasteiger partial charge in [0.25, 0.3) is 10.0 Å². The molecule has 2 heterocycles. The average Bonchev–Trinajstić information content (AvgIpc) is 3.19. The Labute approximate surface area is 165 Å². The summed E-state index contributed by atoms with van der Waals surface area (Å²) >= 11 is 8.52. The van der Waals surface area contributed by atoms with Crippen molar-refractivity contribution >= 4 is 50.1 Å². The van der Waals surface area contributed by atoms with Crippen LogP contribution in [0.3, 0.4) is 0 Å². The van der Waals surface area contributed by atoms with E-state index in [1.54, 1.807) is 25.3 Å². The number of benzene rings is 1. The fourth-order valence-electron chi connectivity index (χ4n) is 2.17. The fraction of sp³-hybridized carbons (Fsp3) is 0.267. The van der Waals surface area contributed by atoms with Gasteiger partial charge < -0.3 is 4.57 Å². The second-order valence-corrected chi connectivity index (χ2v) is 9.62. The van der Waals surface area contributed by atoms with E-state index >= 15 is 0 Å². The Bertz CT molecular complexity index is 1030. The number of anilines is 1. The molecule has 0 spiro atoms. The van der Waals surface area contributed by atoms with Crippen LogP contribution >= 0.6 is 34.9 Å². The normalized spacial score (nSPS) is 12.9. The van der Waals surface area contributed by atoms with Gasteiger partial charge >= 0.3 is 0 Å². The number of rotatable bonds is 6. The second kappa shape index (κ2) is 7.55. The zero-order valence-corrected chi connectivity index (χ0v) is 17.4. The van der Waals surface area contributed by atoms with E-state index in [0.29, 0.717) is 16.4 Å². The monoisotopic (exact) mass is 429 g/mol. The van der Waals surface area contributed by atoms with E-state index in [1.165, 1.54) is 17.8 Å². The van der Waals surface area contributed by atoms with E-state index in [0.717, 1.165) is 16.7 Å². The number of aromatic nitrogens is 4. The molecule has 0 unspecified atom stereocenters. The minimum absolute atomic E-state index is 0.0708. The first kappa shape index (κ1) is 19.2. The van der Waals surface area contributed by atoms with Gasteiger partial charge in [-0.2, -0.15) is 4.37 Å². The first-order valence-electron chi connectivity index (χ1n) is 7.53. The maximum Gasteiger partial charge on any atom is 0.264 e. The average molecular weight is 430 g/mol. The number of halogens is 1. The molecule has 0 saturated heterocycles. The molecule has 11 heteroatoms. The summed E-state index contributed by atoms with van der Waals surface area (Å²) in [6.45, 7) is 3.61. The Kier molecular flexibility index (Phi) is 5.56. The van der Waals surface area contributed by atoms with E-state index in [2.05, 4.69) is 19.1 Å². The minimum atomic E-state index is -3.79. The Hall–Kier alpha value is -1.62. The molecule has 0 bridgehead atoms. The highest BCUT2D eigenvalue weighted by Gasteiger charge is 2.22. The molecular weight excluding hydrogens is 414 g/mol. The summed E-state index contributed by atoms with van der Waals surface area (Å²) in [6.07, 6.45) is 3.58. The molecule has 138 valence electrons. The minimum Gasteiger partial charge on any atom is -0.329 e. The molecule has 3 aromatic rings. The van der Waals surface area contributed by atoms with Crippen LogP contribution in [0, 0.1) is 6.92 Å². The number of thioether (sulfide) groups is 1. The summed E-state index contributed by atoms with van der Waals surface area (Å²) in [7, 11) is -1.88. The Balaban J connectivity index is 1.77. The summed E-state index contributed by atoms with van der Waals surface area (Å²) in [5.74, 6) is 0.545. The van der Waals surface area contributed by atoms with Crippen LogP contribution < -0.4 is 4.72 Å². The standard InChI is InChI=1S/C15H16ClN5O2S3/c1-9-11(16)5-4-6-12(9)26(22,23)20-14-18-13(19-25-14)10(2)24-15-17-7-8-21(15)3/h4-8,10H,1-3H3,(H,18,19,20)/t10-/m1/s1. The van der Waals surface area contributed by atoms with Crippen LogP contribution in [0.1, 0.15) is 23.6 Å². The van der Waals surface area contributed by atoms with Crippen LogP contribution in [-0.4, -0.2) is 27.3 Å². The number of hydrogen-bond donors (Lipinski definition) is 1. The zero-order valence-electron chi connectivity index (χ0n) is 14.2. The third-order valence-electron chi connectivity index (χ3n) is 3.59. The van der Waals surface area contributed by atoms with Gasteiger partial charge in [-0.25, -0.2) is 18.4 Å². The molecule has 1 aromatic carbocycles. The molecule has 3 rings (SSSR count). The zero-order chi connectivity index (χ0) is 18.9. The van der Waals surface area contributed by atoms with Crippen LogP contribution in [0.25, 0.3) is 0 Å². The van der Waals surface area contributed by atoms with E-state index in [-0.39, 0.29) is 15.3 Å². The Morgan fingerprint density at radius 3 is 2.85 bits per heavy atom. The fourth-order valence-corrected chi connectivity index (χ4v) is 5.49. The van der Waals surface area contributed by atoms with E-state index < -0.39 is 10.0 Å². The number of imidazole rings is 1. The SMILES string of the molecule is Cc1c(Cl)cccc1S(=O)(=O)Nc1nc([C@@H](C)Sc2nccn2C)ns1. The van der Waals surface area contributed by atoms with Crippen molar-refractivity contribution in [2.75, 3.05) is 4.72 Å². The van der Waals surface area contributed by atoms with Crippen LogP contribution in [0.5, 0.6) is 0 Å². The van der Waals surface area contributed by atoms with Crippen LogP contribution in [0.4, 0.5) is 5.13 Å². The summed E-state index contributed by atoms with van der Waals surface area (Å²) < 4.78 is 33.9. The third kappa shape index (κ3) is 4.03. The lowest BCUT2D eigenvalue weighted by atomic mass is 10.2. The molecule has 1 N–H and O–H groups in total. The summed E-state index contributed by atoms with van der Waals surface area (Å²) in [5.41, 5.74) is 0.491. The predicted molar refractivity (Wildman–Crippen MR) is 104 cm³/mol. The number of aryl methyl sites for hydroxylation is 1. The first-order valence-corrected chi connectivity index (χ1v) is 11.0. The van der Waals surface area contributed by atoms with Gasteiger partial charge in [0.15, 0.2) is 11.0 Å². The molecule has 0 amide bonds. The molecule has 0 aliphatic carbocycles. The molecule has 0 saturated carbocycles.